The standard InChI is InChI=1S/C10H8BrF5/c1-5-2-6(9(13)3-8(5)12)7(11)4-10(14,15)16/h2-3,7H,4H2,1H3. The zero-order valence-electron chi connectivity index (χ0n) is 8.21. The lowest BCUT2D eigenvalue weighted by Gasteiger charge is -2.14. The van der Waals surface area contributed by atoms with E-state index >= 15 is 0 Å². The topological polar surface area (TPSA) is 0 Å². The highest BCUT2D eigenvalue weighted by molar-refractivity contribution is 9.09. The van der Waals surface area contributed by atoms with Crippen LogP contribution in [0.1, 0.15) is 22.4 Å². The van der Waals surface area contributed by atoms with Gasteiger partial charge in [-0.1, -0.05) is 15.9 Å². The number of halogens is 6. The molecule has 0 aliphatic heterocycles. The number of hydrogen-bond acceptors (Lipinski definition) is 0. The molecule has 0 saturated heterocycles. The van der Waals surface area contributed by atoms with Crippen molar-refractivity contribution in [1.82, 2.24) is 0 Å². The third kappa shape index (κ3) is 3.43. The molecule has 0 spiro atoms. The lowest BCUT2D eigenvalue weighted by Crippen LogP contribution is -2.11. The number of rotatable bonds is 2. The predicted molar refractivity (Wildman–Crippen MR) is 53.4 cm³/mol. The molecule has 0 radical (unpaired) electrons. The molecule has 0 fully saturated rings. The molecule has 16 heavy (non-hydrogen) atoms. The van der Waals surface area contributed by atoms with Crippen LogP contribution in [-0.4, -0.2) is 6.18 Å². The Bertz CT molecular complexity index is 386. The SMILES string of the molecule is Cc1cc(C(Br)CC(F)(F)F)c(F)cc1F. The maximum atomic E-state index is 13.2. The van der Waals surface area contributed by atoms with Crippen LogP contribution in [0.5, 0.6) is 0 Å². The molecule has 0 heterocycles. The molecule has 0 bridgehead atoms. The maximum absolute atomic E-state index is 13.2. The van der Waals surface area contributed by atoms with Crippen LogP contribution in [0.3, 0.4) is 0 Å². The van der Waals surface area contributed by atoms with E-state index in [1.54, 1.807) is 0 Å². The van der Waals surface area contributed by atoms with Crippen molar-refractivity contribution in [3.63, 3.8) is 0 Å². The number of aryl methyl sites for hydroxylation is 1. The summed E-state index contributed by atoms with van der Waals surface area (Å²) in [6.07, 6.45) is -5.60. The second-order valence-corrected chi connectivity index (χ2v) is 4.52. The fraction of sp³-hybridized carbons (Fsp3) is 0.400. The number of alkyl halides is 4. The van der Waals surface area contributed by atoms with Crippen molar-refractivity contribution < 1.29 is 22.0 Å². The molecule has 6 heteroatoms. The van der Waals surface area contributed by atoms with Crippen molar-refractivity contribution in [2.75, 3.05) is 0 Å². The molecule has 1 aromatic rings. The van der Waals surface area contributed by atoms with Gasteiger partial charge in [0.2, 0.25) is 0 Å². The third-order valence-electron chi connectivity index (χ3n) is 2.03. The van der Waals surface area contributed by atoms with E-state index in [0.29, 0.717) is 6.07 Å². The summed E-state index contributed by atoms with van der Waals surface area (Å²) in [6.45, 7) is 1.37. The van der Waals surface area contributed by atoms with E-state index in [2.05, 4.69) is 15.9 Å². The molecule has 0 aromatic heterocycles. The summed E-state index contributed by atoms with van der Waals surface area (Å²) in [5.41, 5.74) is -0.0701. The number of benzene rings is 1. The Labute approximate surface area is 97.6 Å². The van der Waals surface area contributed by atoms with Crippen molar-refractivity contribution in [3.05, 3.63) is 34.9 Å². The first-order valence-corrected chi connectivity index (χ1v) is 5.28. The van der Waals surface area contributed by atoms with Gasteiger partial charge in [0.05, 0.1) is 11.2 Å². The van der Waals surface area contributed by atoms with Gasteiger partial charge in [-0.25, -0.2) is 8.78 Å². The minimum absolute atomic E-state index is 0.114. The molecule has 1 atom stereocenters. The van der Waals surface area contributed by atoms with Gasteiger partial charge in [-0.05, 0) is 18.6 Å². The predicted octanol–water partition coefficient (Wildman–Crippen LogP) is 4.66. The van der Waals surface area contributed by atoms with E-state index in [1.807, 2.05) is 0 Å². The molecule has 1 aromatic carbocycles. The molecule has 1 rings (SSSR count). The van der Waals surface area contributed by atoms with Crippen LogP contribution in [0.2, 0.25) is 0 Å². The van der Waals surface area contributed by atoms with Crippen LogP contribution in [0, 0.1) is 18.6 Å². The van der Waals surface area contributed by atoms with Crippen LogP contribution in [0.15, 0.2) is 12.1 Å². The van der Waals surface area contributed by atoms with Gasteiger partial charge in [0, 0.05) is 11.6 Å². The highest BCUT2D eigenvalue weighted by Crippen LogP contribution is 2.37. The molecular formula is C10H8BrF5. The molecular weight excluding hydrogens is 295 g/mol. The summed E-state index contributed by atoms with van der Waals surface area (Å²) < 4.78 is 62.3. The average Bonchev–Trinajstić information content (AvgIpc) is 2.08. The summed E-state index contributed by atoms with van der Waals surface area (Å²) >= 11 is 2.75. The van der Waals surface area contributed by atoms with Crippen molar-refractivity contribution in [2.24, 2.45) is 0 Å². The normalized spacial score (nSPS) is 13.9. The van der Waals surface area contributed by atoms with Crippen LogP contribution >= 0.6 is 15.9 Å². The first-order chi connectivity index (χ1) is 7.20. The Morgan fingerprint density at radius 3 is 2.25 bits per heavy atom. The first-order valence-electron chi connectivity index (χ1n) is 4.37. The van der Waals surface area contributed by atoms with E-state index in [9.17, 15) is 22.0 Å². The Balaban J connectivity index is 3.00. The van der Waals surface area contributed by atoms with Crippen LogP contribution in [0.25, 0.3) is 0 Å². The molecule has 0 saturated carbocycles. The Hall–Kier alpha value is -0.650. The zero-order chi connectivity index (χ0) is 12.5. The lowest BCUT2D eigenvalue weighted by atomic mass is 10.1. The fourth-order valence-electron chi connectivity index (χ4n) is 1.23. The van der Waals surface area contributed by atoms with E-state index < -0.39 is 29.1 Å². The first kappa shape index (κ1) is 13.4. The Kier molecular flexibility index (Phi) is 3.93. The monoisotopic (exact) mass is 302 g/mol. The summed E-state index contributed by atoms with van der Waals surface area (Å²) in [5, 5.41) is 0. The van der Waals surface area contributed by atoms with Crippen molar-refractivity contribution >= 4 is 15.9 Å². The van der Waals surface area contributed by atoms with E-state index in [1.165, 1.54) is 6.92 Å². The summed E-state index contributed by atoms with van der Waals surface area (Å²) in [5.74, 6) is -1.75. The van der Waals surface area contributed by atoms with E-state index in [4.69, 9.17) is 0 Å². The third-order valence-corrected chi connectivity index (χ3v) is 2.84. The zero-order valence-corrected chi connectivity index (χ0v) is 9.79. The quantitative estimate of drug-likeness (QED) is 0.550. The molecule has 90 valence electrons. The molecule has 0 amide bonds. The van der Waals surface area contributed by atoms with Gasteiger partial charge >= 0.3 is 6.18 Å². The van der Waals surface area contributed by atoms with Gasteiger partial charge in [-0.15, -0.1) is 0 Å². The molecule has 1 unspecified atom stereocenters. The van der Waals surface area contributed by atoms with Gasteiger partial charge in [0.15, 0.2) is 0 Å². The highest BCUT2D eigenvalue weighted by Gasteiger charge is 2.32. The van der Waals surface area contributed by atoms with Gasteiger partial charge in [0.1, 0.15) is 11.6 Å². The molecule has 0 aliphatic carbocycles. The smallest absolute Gasteiger partial charge is 0.207 e. The van der Waals surface area contributed by atoms with E-state index in [-0.39, 0.29) is 11.1 Å². The lowest BCUT2D eigenvalue weighted by molar-refractivity contribution is -0.134. The molecule has 0 N–H and O–H groups in total. The second kappa shape index (κ2) is 4.69. The molecule has 0 aliphatic rings. The summed E-state index contributed by atoms with van der Waals surface area (Å²) in [4.78, 5) is -1.20. The highest BCUT2D eigenvalue weighted by atomic mass is 79.9. The maximum Gasteiger partial charge on any atom is 0.390 e. The van der Waals surface area contributed by atoms with Gasteiger partial charge in [0.25, 0.3) is 0 Å². The second-order valence-electron chi connectivity index (χ2n) is 3.41. The van der Waals surface area contributed by atoms with Gasteiger partial charge in [-0.3, -0.25) is 0 Å². The average molecular weight is 303 g/mol. The van der Waals surface area contributed by atoms with Crippen LogP contribution in [0.4, 0.5) is 22.0 Å². The van der Waals surface area contributed by atoms with Gasteiger partial charge < -0.3 is 0 Å². The summed E-state index contributed by atoms with van der Waals surface area (Å²) in [7, 11) is 0. The summed E-state index contributed by atoms with van der Waals surface area (Å²) in [6, 6.07) is 1.67. The van der Waals surface area contributed by atoms with E-state index in [0.717, 1.165) is 6.07 Å². The van der Waals surface area contributed by atoms with Crippen molar-refractivity contribution in [2.45, 2.75) is 24.3 Å². The minimum atomic E-state index is -4.40. The minimum Gasteiger partial charge on any atom is -0.207 e. The van der Waals surface area contributed by atoms with Gasteiger partial charge in [-0.2, -0.15) is 13.2 Å². The largest absolute Gasteiger partial charge is 0.390 e. The van der Waals surface area contributed by atoms with Crippen LogP contribution in [-0.2, 0) is 0 Å². The van der Waals surface area contributed by atoms with Crippen LogP contribution < -0.4 is 0 Å². The van der Waals surface area contributed by atoms with Crippen molar-refractivity contribution in [3.8, 4) is 0 Å². The Morgan fingerprint density at radius 2 is 1.75 bits per heavy atom. The van der Waals surface area contributed by atoms with Crippen molar-refractivity contribution in [1.29, 1.82) is 0 Å². The molecule has 0 nitrogen and oxygen atoms in total. The Morgan fingerprint density at radius 1 is 1.19 bits per heavy atom. The number of hydrogen-bond donors (Lipinski definition) is 0. The fourth-order valence-corrected chi connectivity index (χ4v) is 1.95.